The van der Waals surface area contributed by atoms with Crippen LogP contribution < -0.4 is 5.32 Å². The fourth-order valence-electron chi connectivity index (χ4n) is 1.94. The average molecular weight is 356 g/mol. The van der Waals surface area contributed by atoms with Gasteiger partial charge in [-0.2, -0.15) is 4.37 Å². The number of nitrogens with one attached hydrogen (secondary N) is 1. The van der Waals surface area contributed by atoms with E-state index in [1.54, 1.807) is 6.92 Å². The predicted molar refractivity (Wildman–Crippen MR) is 88.3 cm³/mol. The number of rotatable bonds is 5. The number of halogens is 1. The highest BCUT2D eigenvalue weighted by Gasteiger charge is 2.22. The van der Waals surface area contributed by atoms with Crippen LogP contribution in [0.15, 0.2) is 18.2 Å². The maximum Gasteiger partial charge on any atom is 0.310 e. The molecule has 2 N–H and O–H groups in total. The molecule has 0 radical (unpaired) electrons. The monoisotopic (exact) mass is 355 g/mol. The summed E-state index contributed by atoms with van der Waals surface area (Å²) >= 11 is 7.21. The molecule has 0 spiro atoms. The van der Waals surface area contributed by atoms with E-state index < -0.39 is 22.3 Å². The van der Waals surface area contributed by atoms with E-state index in [0.29, 0.717) is 27.7 Å². The van der Waals surface area contributed by atoms with Crippen molar-refractivity contribution in [3.63, 3.8) is 0 Å². The molecule has 9 heteroatoms. The van der Waals surface area contributed by atoms with E-state index in [0.717, 1.165) is 11.5 Å². The Hall–Kier alpha value is -2.19. The molecule has 1 unspecified atom stereocenters. The molecule has 1 amide bonds. The molecule has 7 nitrogen and oxygen atoms in total. The molecule has 122 valence electrons. The topological polar surface area (TPSA) is 105 Å². The lowest BCUT2D eigenvalue weighted by molar-refractivity contribution is -0.385. The number of aromatic nitrogens is 1. The number of nitrogens with zero attached hydrogens (tertiary/aromatic N) is 2. The number of nitro groups is 1. The molecule has 1 aromatic carbocycles. The molecule has 0 aliphatic heterocycles. The minimum absolute atomic E-state index is 0.363. The van der Waals surface area contributed by atoms with Crippen LogP contribution in [0.1, 0.15) is 31.0 Å². The minimum atomic E-state index is -0.697. The van der Waals surface area contributed by atoms with Crippen molar-refractivity contribution in [2.75, 3.05) is 5.32 Å². The largest absolute Gasteiger partial charge is 0.502 e. The van der Waals surface area contributed by atoms with E-state index in [1.165, 1.54) is 18.2 Å². The molecule has 0 fully saturated rings. The van der Waals surface area contributed by atoms with Gasteiger partial charge >= 0.3 is 5.69 Å². The Kier molecular flexibility index (Phi) is 5.17. The van der Waals surface area contributed by atoms with Crippen LogP contribution in [0.3, 0.4) is 0 Å². The number of aromatic hydroxyl groups is 1. The van der Waals surface area contributed by atoms with Crippen LogP contribution in [-0.2, 0) is 11.2 Å². The first-order chi connectivity index (χ1) is 10.8. The molecular weight excluding hydrogens is 342 g/mol. The molecule has 23 heavy (non-hydrogen) atoms. The van der Waals surface area contributed by atoms with Crippen molar-refractivity contribution in [1.82, 2.24) is 4.37 Å². The third kappa shape index (κ3) is 3.59. The molecule has 2 aromatic rings. The molecule has 0 aliphatic rings. The highest BCUT2D eigenvalue weighted by Crippen LogP contribution is 2.33. The van der Waals surface area contributed by atoms with Crippen molar-refractivity contribution in [2.45, 2.75) is 26.2 Å². The maximum absolute atomic E-state index is 12.3. The molecule has 0 aliphatic carbocycles. The second-order valence-corrected chi connectivity index (χ2v) is 5.99. The van der Waals surface area contributed by atoms with Crippen LogP contribution in [0.2, 0.25) is 5.02 Å². The van der Waals surface area contributed by atoms with Crippen molar-refractivity contribution >= 4 is 39.7 Å². The molecule has 0 saturated carbocycles. The Labute approximate surface area is 141 Å². The van der Waals surface area contributed by atoms with Crippen LogP contribution in [0.25, 0.3) is 0 Å². The number of anilines is 1. The summed E-state index contributed by atoms with van der Waals surface area (Å²) in [5, 5.41) is 23.9. The fraction of sp³-hybridized carbons (Fsp3) is 0.286. The van der Waals surface area contributed by atoms with Gasteiger partial charge in [0.25, 0.3) is 0 Å². The minimum Gasteiger partial charge on any atom is -0.502 e. The van der Waals surface area contributed by atoms with Crippen LogP contribution >= 0.6 is 23.1 Å². The van der Waals surface area contributed by atoms with Crippen LogP contribution in [0.5, 0.6) is 5.75 Å². The summed E-state index contributed by atoms with van der Waals surface area (Å²) < 4.78 is 4.14. The van der Waals surface area contributed by atoms with Crippen molar-refractivity contribution in [3.05, 3.63) is 44.6 Å². The number of aryl methyl sites for hydroxylation is 1. The lowest BCUT2D eigenvalue weighted by Gasteiger charge is -2.12. The molecule has 1 heterocycles. The van der Waals surface area contributed by atoms with Gasteiger partial charge < -0.3 is 10.4 Å². The number of nitro benzene ring substituents is 1. The summed E-state index contributed by atoms with van der Waals surface area (Å²) in [7, 11) is 0. The first kappa shape index (κ1) is 17.2. The number of phenolic OH excluding ortho intramolecular Hbond substituents is 1. The Morgan fingerprint density at radius 3 is 2.83 bits per heavy atom. The van der Waals surface area contributed by atoms with Crippen molar-refractivity contribution in [1.29, 1.82) is 0 Å². The third-order valence-electron chi connectivity index (χ3n) is 3.36. The molecule has 0 saturated heterocycles. The number of amides is 1. The molecular formula is C14H14ClN3O4S. The Bertz CT molecular complexity index is 762. The van der Waals surface area contributed by atoms with Gasteiger partial charge in [0.2, 0.25) is 5.91 Å². The van der Waals surface area contributed by atoms with E-state index in [4.69, 9.17) is 11.6 Å². The van der Waals surface area contributed by atoms with E-state index in [-0.39, 0.29) is 5.91 Å². The number of benzene rings is 1. The van der Waals surface area contributed by atoms with Crippen molar-refractivity contribution in [2.24, 2.45) is 0 Å². The van der Waals surface area contributed by atoms with Crippen LogP contribution in [0, 0.1) is 10.1 Å². The fourth-order valence-corrected chi connectivity index (χ4v) is 3.08. The number of phenols is 1. The first-order valence-electron chi connectivity index (χ1n) is 6.77. The Morgan fingerprint density at radius 1 is 1.57 bits per heavy atom. The second-order valence-electron chi connectivity index (χ2n) is 4.84. The second kappa shape index (κ2) is 6.93. The number of carbonyl (C=O) groups is 1. The average Bonchev–Trinajstić information content (AvgIpc) is 2.87. The quantitative estimate of drug-likeness (QED) is 0.628. The Morgan fingerprint density at radius 2 is 2.26 bits per heavy atom. The molecule has 2 rings (SSSR count). The molecule has 0 bridgehead atoms. The number of hydrogen-bond acceptors (Lipinski definition) is 6. The van der Waals surface area contributed by atoms with Gasteiger partial charge in [0, 0.05) is 6.07 Å². The normalized spacial score (nSPS) is 12.0. The van der Waals surface area contributed by atoms with Gasteiger partial charge in [0.05, 0.1) is 21.6 Å². The van der Waals surface area contributed by atoms with E-state index in [1.807, 2.05) is 6.92 Å². The predicted octanol–water partition coefficient (Wildman–Crippen LogP) is 3.71. The molecule has 1 atom stereocenters. The van der Waals surface area contributed by atoms with Gasteiger partial charge in [0.15, 0.2) is 5.75 Å². The third-order valence-corrected chi connectivity index (χ3v) is 4.68. The summed E-state index contributed by atoms with van der Waals surface area (Å²) in [6, 6.07) is 3.86. The van der Waals surface area contributed by atoms with Gasteiger partial charge in [-0.15, -0.1) is 0 Å². The van der Waals surface area contributed by atoms with E-state index in [2.05, 4.69) is 9.69 Å². The van der Waals surface area contributed by atoms with Gasteiger partial charge in [-0.05, 0) is 36.5 Å². The lowest BCUT2D eigenvalue weighted by Crippen LogP contribution is -2.18. The first-order valence-corrected chi connectivity index (χ1v) is 7.92. The van der Waals surface area contributed by atoms with Gasteiger partial charge in [0.1, 0.15) is 5.00 Å². The standard InChI is InChI=1S/C14H14ClN3O4S/c1-3-9-12(15)14(23-17-9)16-13(20)7(2)8-4-5-11(19)10(6-8)18(21)22/h4-7,19H,3H2,1-2H3,(H,16,20). The summed E-state index contributed by atoms with van der Waals surface area (Å²) in [6.07, 6.45) is 0.658. The van der Waals surface area contributed by atoms with Crippen LogP contribution in [0.4, 0.5) is 10.7 Å². The lowest BCUT2D eigenvalue weighted by atomic mass is 9.99. The zero-order valence-corrected chi connectivity index (χ0v) is 13.9. The van der Waals surface area contributed by atoms with E-state index >= 15 is 0 Å². The van der Waals surface area contributed by atoms with Gasteiger partial charge in [-0.3, -0.25) is 14.9 Å². The summed E-state index contributed by atoms with van der Waals surface area (Å²) in [6.45, 7) is 3.52. The van der Waals surface area contributed by atoms with Crippen molar-refractivity contribution in [3.8, 4) is 5.75 Å². The Balaban J connectivity index is 2.21. The highest BCUT2D eigenvalue weighted by molar-refractivity contribution is 7.11. The SMILES string of the molecule is CCc1nsc(NC(=O)C(C)c2ccc(O)c([N+](=O)[O-])c2)c1Cl. The summed E-state index contributed by atoms with van der Waals surface area (Å²) in [4.78, 5) is 22.5. The van der Waals surface area contributed by atoms with Crippen molar-refractivity contribution < 1.29 is 14.8 Å². The zero-order valence-electron chi connectivity index (χ0n) is 12.4. The van der Waals surface area contributed by atoms with Gasteiger partial charge in [-0.1, -0.05) is 24.6 Å². The molecule has 1 aromatic heterocycles. The van der Waals surface area contributed by atoms with E-state index in [9.17, 15) is 20.0 Å². The summed E-state index contributed by atoms with van der Waals surface area (Å²) in [5.41, 5.74) is 0.689. The van der Waals surface area contributed by atoms with Crippen LogP contribution in [-0.4, -0.2) is 20.3 Å². The zero-order chi connectivity index (χ0) is 17.1. The number of hydrogen-bond donors (Lipinski definition) is 2. The highest BCUT2D eigenvalue weighted by atomic mass is 35.5. The maximum atomic E-state index is 12.3. The van der Waals surface area contributed by atoms with Gasteiger partial charge in [-0.25, -0.2) is 0 Å². The number of carbonyl (C=O) groups excluding carboxylic acids is 1. The summed E-state index contributed by atoms with van der Waals surface area (Å²) in [5.74, 6) is -1.46. The smallest absolute Gasteiger partial charge is 0.310 e.